The Hall–Kier alpha value is -1.79. The molecule has 0 radical (unpaired) electrons. The molecule has 1 heterocycles. The molecule has 0 saturated carbocycles. The van der Waals surface area contributed by atoms with E-state index in [1.165, 1.54) is 29.7 Å². The first-order chi connectivity index (χ1) is 13.0. The van der Waals surface area contributed by atoms with Crippen LogP contribution in [0.15, 0.2) is 29.2 Å². The molecule has 1 amide bonds. The second kappa shape index (κ2) is 8.93. The third-order valence-corrected chi connectivity index (χ3v) is 6.75. The van der Waals surface area contributed by atoms with Crippen molar-refractivity contribution >= 4 is 40.0 Å². The smallest absolute Gasteiger partial charge is 0.341 e. The van der Waals surface area contributed by atoms with Gasteiger partial charge >= 0.3 is 5.97 Å². The highest BCUT2D eigenvalue weighted by molar-refractivity contribution is 7.99. The first kappa shape index (κ1) is 20.0. The van der Waals surface area contributed by atoms with Gasteiger partial charge in [0.2, 0.25) is 0 Å². The topological polar surface area (TPSA) is 55.4 Å². The molecule has 1 aromatic heterocycles. The average Bonchev–Trinajstić information content (AvgIpc) is 2.82. The van der Waals surface area contributed by atoms with Gasteiger partial charge < -0.3 is 10.1 Å². The number of hydrogen-bond acceptors (Lipinski definition) is 5. The number of nitrogens with one attached hydrogen (secondary N) is 1. The Morgan fingerprint density at radius 3 is 2.48 bits per heavy atom. The van der Waals surface area contributed by atoms with Crippen molar-refractivity contribution in [2.45, 2.75) is 56.1 Å². The van der Waals surface area contributed by atoms with Crippen molar-refractivity contribution in [2.24, 2.45) is 0 Å². The van der Waals surface area contributed by atoms with Crippen molar-refractivity contribution in [3.63, 3.8) is 0 Å². The van der Waals surface area contributed by atoms with Gasteiger partial charge in [0.15, 0.2) is 0 Å². The second-order valence-electron chi connectivity index (χ2n) is 6.91. The van der Waals surface area contributed by atoms with E-state index in [1.54, 1.807) is 11.8 Å². The van der Waals surface area contributed by atoms with E-state index in [-0.39, 0.29) is 11.9 Å². The van der Waals surface area contributed by atoms with Gasteiger partial charge in [0.05, 0.1) is 12.7 Å². The van der Waals surface area contributed by atoms with E-state index >= 15 is 0 Å². The second-order valence-corrected chi connectivity index (χ2v) is 9.66. The fraction of sp³-hybridized carbons (Fsp3) is 0.429. The molecule has 144 valence electrons. The number of thioether (sulfide) groups is 1. The predicted molar refractivity (Wildman–Crippen MR) is 112 cm³/mol. The van der Waals surface area contributed by atoms with Gasteiger partial charge in [-0.2, -0.15) is 0 Å². The van der Waals surface area contributed by atoms with Crippen molar-refractivity contribution in [1.29, 1.82) is 0 Å². The van der Waals surface area contributed by atoms with Gasteiger partial charge in [0.1, 0.15) is 5.00 Å². The number of carbonyl (C=O) groups is 2. The van der Waals surface area contributed by atoms with Crippen molar-refractivity contribution in [3.05, 3.63) is 45.8 Å². The number of carbonyl (C=O) groups excluding carboxylic acids is 2. The minimum Gasteiger partial charge on any atom is -0.465 e. The molecule has 1 aromatic carbocycles. The largest absolute Gasteiger partial charge is 0.465 e. The Labute approximate surface area is 168 Å². The molecule has 2 aromatic rings. The molecule has 0 atom stereocenters. The van der Waals surface area contributed by atoms with Crippen LogP contribution in [0.3, 0.4) is 0 Å². The normalized spacial score (nSPS) is 13.8. The molecule has 0 spiro atoms. The van der Waals surface area contributed by atoms with Crippen LogP contribution in [0.4, 0.5) is 5.00 Å². The Morgan fingerprint density at radius 1 is 1.11 bits per heavy atom. The average molecular weight is 404 g/mol. The molecule has 3 rings (SSSR count). The molecule has 0 saturated heterocycles. The van der Waals surface area contributed by atoms with Crippen molar-refractivity contribution < 1.29 is 14.3 Å². The van der Waals surface area contributed by atoms with Crippen LogP contribution in [-0.4, -0.2) is 24.2 Å². The minimum absolute atomic E-state index is 0.197. The van der Waals surface area contributed by atoms with Gasteiger partial charge in [0.25, 0.3) is 5.91 Å². The van der Waals surface area contributed by atoms with Crippen LogP contribution in [0.1, 0.15) is 64.3 Å². The standard InChI is InChI=1S/C21H25NO3S2/c1-13(2)26-15-11-9-14(10-12-15)19(23)22-20-18(21(24)25-3)16-7-5-4-6-8-17(16)27-20/h9-13H,4-8H2,1-3H3,(H,22,23). The lowest BCUT2D eigenvalue weighted by Gasteiger charge is -2.09. The highest BCUT2D eigenvalue weighted by Gasteiger charge is 2.26. The first-order valence-electron chi connectivity index (χ1n) is 9.30. The predicted octanol–water partition coefficient (Wildman–Crippen LogP) is 5.56. The van der Waals surface area contributed by atoms with Gasteiger partial charge in [-0.25, -0.2) is 4.79 Å². The maximum Gasteiger partial charge on any atom is 0.341 e. The van der Waals surface area contributed by atoms with Gasteiger partial charge in [-0.1, -0.05) is 20.3 Å². The number of hydrogen-bond donors (Lipinski definition) is 1. The number of esters is 1. The number of fused-ring (bicyclic) bond motifs is 1. The summed E-state index contributed by atoms with van der Waals surface area (Å²) in [5, 5.41) is 4.06. The number of aryl methyl sites for hydroxylation is 1. The zero-order valence-corrected chi connectivity index (χ0v) is 17.6. The van der Waals surface area contributed by atoms with Gasteiger partial charge in [0, 0.05) is 20.6 Å². The zero-order valence-electron chi connectivity index (χ0n) is 16.0. The number of methoxy groups -OCH3 is 1. The number of benzene rings is 1. The number of amides is 1. The molecule has 0 unspecified atom stereocenters. The summed E-state index contributed by atoms with van der Waals surface area (Å²) >= 11 is 3.28. The van der Waals surface area contributed by atoms with E-state index in [0.29, 0.717) is 21.4 Å². The summed E-state index contributed by atoms with van der Waals surface area (Å²) in [5.41, 5.74) is 2.19. The zero-order chi connectivity index (χ0) is 19.4. The summed E-state index contributed by atoms with van der Waals surface area (Å²) < 4.78 is 5.00. The molecule has 27 heavy (non-hydrogen) atoms. The molecule has 1 N–H and O–H groups in total. The van der Waals surface area contributed by atoms with E-state index in [0.717, 1.165) is 36.1 Å². The Morgan fingerprint density at radius 2 is 1.81 bits per heavy atom. The van der Waals surface area contributed by atoms with Crippen LogP contribution in [0.25, 0.3) is 0 Å². The molecular weight excluding hydrogens is 378 g/mol. The molecular formula is C21H25NO3S2. The lowest BCUT2D eigenvalue weighted by atomic mass is 10.1. The van der Waals surface area contributed by atoms with Crippen LogP contribution in [0.5, 0.6) is 0 Å². The fourth-order valence-electron chi connectivity index (χ4n) is 3.28. The molecule has 0 aliphatic heterocycles. The molecule has 1 aliphatic rings. The third kappa shape index (κ3) is 4.74. The SMILES string of the molecule is COC(=O)c1c(NC(=O)c2ccc(SC(C)C)cc2)sc2c1CCCCC2. The summed E-state index contributed by atoms with van der Waals surface area (Å²) in [6.45, 7) is 4.28. The van der Waals surface area contributed by atoms with E-state index in [4.69, 9.17) is 4.74 Å². The number of rotatable bonds is 5. The van der Waals surface area contributed by atoms with E-state index in [2.05, 4.69) is 19.2 Å². The lowest BCUT2D eigenvalue weighted by Crippen LogP contribution is -2.14. The molecule has 0 bridgehead atoms. The first-order valence-corrected chi connectivity index (χ1v) is 11.0. The molecule has 1 aliphatic carbocycles. The summed E-state index contributed by atoms with van der Waals surface area (Å²) in [5.74, 6) is -0.564. The van der Waals surface area contributed by atoms with Crippen molar-refractivity contribution in [1.82, 2.24) is 0 Å². The van der Waals surface area contributed by atoms with Gasteiger partial charge in [-0.15, -0.1) is 23.1 Å². The van der Waals surface area contributed by atoms with E-state index in [9.17, 15) is 9.59 Å². The van der Waals surface area contributed by atoms with Crippen LogP contribution in [0.2, 0.25) is 0 Å². The third-order valence-electron chi connectivity index (χ3n) is 4.53. The van der Waals surface area contributed by atoms with Crippen LogP contribution < -0.4 is 5.32 Å². The number of ether oxygens (including phenoxy) is 1. The highest BCUT2D eigenvalue weighted by Crippen LogP contribution is 2.38. The lowest BCUT2D eigenvalue weighted by molar-refractivity contribution is 0.0601. The van der Waals surface area contributed by atoms with Crippen LogP contribution in [-0.2, 0) is 17.6 Å². The maximum atomic E-state index is 12.7. The Balaban J connectivity index is 1.84. The number of anilines is 1. The maximum absolute atomic E-state index is 12.7. The Kier molecular flexibility index (Phi) is 6.60. The van der Waals surface area contributed by atoms with Gasteiger partial charge in [-0.3, -0.25) is 4.79 Å². The molecule has 0 fully saturated rings. The van der Waals surface area contributed by atoms with E-state index < -0.39 is 0 Å². The number of thiophene rings is 1. The molecule has 4 nitrogen and oxygen atoms in total. The van der Waals surface area contributed by atoms with Crippen molar-refractivity contribution in [3.8, 4) is 0 Å². The van der Waals surface area contributed by atoms with Crippen molar-refractivity contribution in [2.75, 3.05) is 12.4 Å². The summed E-state index contributed by atoms with van der Waals surface area (Å²) in [6.07, 6.45) is 5.19. The van der Waals surface area contributed by atoms with Crippen LogP contribution >= 0.6 is 23.1 Å². The minimum atomic E-state index is -0.367. The summed E-state index contributed by atoms with van der Waals surface area (Å²) in [6, 6.07) is 7.58. The Bertz CT molecular complexity index is 825. The monoisotopic (exact) mass is 403 g/mol. The quantitative estimate of drug-likeness (QED) is 0.404. The van der Waals surface area contributed by atoms with Crippen LogP contribution in [0, 0.1) is 0 Å². The fourth-order valence-corrected chi connectivity index (χ4v) is 5.39. The van der Waals surface area contributed by atoms with E-state index in [1.807, 2.05) is 24.3 Å². The molecule has 6 heteroatoms. The van der Waals surface area contributed by atoms with Gasteiger partial charge in [-0.05, 0) is 55.5 Å². The highest BCUT2D eigenvalue weighted by atomic mass is 32.2. The summed E-state index contributed by atoms with van der Waals surface area (Å²) in [4.78, 5) is 27.4. The summed E-state index contributed by atoms with van der Waals surface area (Å²) in [7, 11) is 1.39.